The van der Waals surface area contributed by atoms with Crippen LogP contribution in [0, 0.1) is 12.8 Å². The number of alkyl carbamates (subject to hydrolysis) is 1. The summed E-state index contributed by atoms with van der Waals surface area (Å²) in [5.41, 5.74) is 7.56. The summed E-state index contributed by atoms with van der Waals surface area (Å²) in [5.74, 6) is 0.884. The Morgan fingerprint density at radius 3 is 2.52 bits per heavy atom. The van der Waals surface area contributed by atoms with Crippen LogP contribution in [0.4, 0.5) is 10.6 Å². The van der Waals surface area contributed by atoms with E-state index in [1.807, 2.05) is 20.8 Å². The molecule has 31 heavy (non-hydrogen) atoms. The Labute approximate surface area is 182 Å². The number of ether oxygens (including phenoxy) is 3. The highest BCUT2D eigenvalue weighted by molar-refractivity contribution is 5.89. The van der Waals surface area contributed by atoms with Crippen LogP contribution >= 0.6 is 0 Å². The SMILES string of the molecule is Cc1cn(C2CCC(C3OCC(NC(=O)OC(C)(C)C)CO3)CC2)c2ncnc(N)c12. The molecule has 2 aromatic rings. The van der Waals surface area contributed by atoms with Crippen LogP contribution in [0.5, 0.6) is 0 Å². The number of nitrogens with zero attached hydrogens (tertiary/aromatic N) is 3. The number of nitrogen functional groups attached to an aromatic ring is 1. The van der Waals surface area contributed by atoms with Crippen molar-refractivity contribution in [3.63, 3.8) is 0 Å². The molecule has 0 unspecified atom stereocenters. The lowest BCUT2D eigenvalue weighted by molar-refractivity contribution is -0.219. The lowest BCUT2D eigenvalue weighted by atomic mass is 9.85. The molecule has 1 saturated carbocycles. The quantitative estimate of drug-likeness (QED) is 0.766. The molecule has 1 aliphatic heterocycles. The summed E-state index contributed by atoms with van der Waals surface area (Å²) in [4.78, 5) is 20.5. The molecule has 0 radical (unpaired) electrons. The molecule has 0 aromatic carbocycles. The van der Waals surface area contributed by atoms with Crippen molar-refractivity contribution in [1.82, 2.24) is 19.9 Å². The van der Waals surface area contributed by atoms with Crippen molar-refractivity contribution in [2.45, 2.75) is 77.4 Å². The number of hydrogen-bond donors (Lipinski definition) is 2. The maximum absolute atomic E-state index is 11.9. The maximum atomic E-state index is 11.9. The molecule has 9 nitrogen and oxygen atoms in total. The number of fused-ring (bicyclic) bond motifs is 1. The van der Waals surface area contributed by atoms with E-state index in [-0.39, 0.29) is 12.3 Å². The Bertz CT molecular complexity index is 922. The fourth-order valence-corrected chi connectivity index (χ4v) is 4.58. The van der Waals surface area contributed by atoms with E-state index in [4.69, 9.17) is 19.9 Å². The van der Waals surface area contributed by atoms with Crippen LogP contribution < -0.4 is 11.1 Å². The summed E-state index contributed by atoms with van der Waals surface area (Å²) < 4.78 is 19.5. The topological polar surface area (TPSA) is 114 Å². The third-order valence-corrected chi connectivity index (χ3v) is 5.99. The van der Waals surface area contributed by atoms with Gasteiger partial charge in [0.15, 0.2) is 6.29 Å². The van der Waals surface area contributed by atoms with Crippen molar-refractivity contribution in [3.8, 4) is 0 Å². The molecule has 3 N–H and O–H groups in total. The van der Waals surface area contributed by atoms with E-state index in [0.29, 0.717) is 31.0 Å². The van der Waals surface area contributed by atoms with E-state index >= 15 is 0 Å². The number of aryl methyl sites for hydroxylation is 1. The van der Waals surface area contributed by atoms with Gasteiger partial charge in [-0.05, 0) is 58.9 Å². The molecule has 1 aliphatic carbocycles. The van der Waals surface area contributed by atoms with Gasteiger partial charge in [0.25, 0.3) is 0 Å². The Hall–Kier alpha value is -2.39. The zero-order valence-electron chi connectivity index (χ0n) is 18.8. The van der Waals surface area contributed by atoms with Gasteiger partial charge in [-0.2, -0.15) is 0 Å². The largest absolute Gasteiger partial charge is 0.444 e. The van der Waals surface area contributed by atoms with Crippen LogP contribution in [-0.2, 0) is 14.2 Å². The Morgan fingerprint density at radius 1 is 1.19 bits per heavy atom. The molecule has 170 valence electrons. The average Bonchev–Trinajstić information content (AvgIpc) is 3.05. The van der Waals surface area contributed by atoms with Crippen molar-refractivity contribution in [1.29, 1.82) is 0 Å². The highest BCUT2D eigenvalue weighted by Crippen LogP contribution is 2.38. The maximum Gasteiger partial charge on any atom is 0.408 e. The number of anilines is 1. The first-order chi connectivity index (χ1) is 14.7. The normalized spacial score (nSPS) is 27.2. The van der Waals surface area contributed by atoms with Crippen LogP contribution in [0.2, 0.25) is 0 Å². The molecule has 0 spiro atoms. The summed E-state index contributed by atoms with van der Waals surface area (Å²) in [6.45, 7) is 8.43. The number of nitrogens with two attached hydrogens (primary N) is 1. The minimum Gasteiger partial charge on any atom is -0.444 e. The predicted octanol–water partition coefficient (Wildman–Crippen LogP) is 3.32. The molecule has 0 atom stereocenters. The van der Waals surface area contributed by atoms with Crippen LogP contribution in [-0.4, -0.2) is 51.8 Å². The molecule has 0 bridgehead atoms. The third kappa shape index (κ3) is 4.93. The molecule has 2 aliphatic rings. The highest BCUT2D eigenvalue weighted by atomic mass is 16.7. The summed E-state index contributed by atoms with van der Waals surface area (Å²) >= 11 is 0. The first kappa shape index (κ1) is 21.8. The minimum atomic E-state index is -0.525. The zero-order valence-corrected chi connectivity index (χ0v) is 18.8. The second-order valence-electron chi connectivity index (χ2n) is 9.62. The standard InChI is InChI=1S/C22H33N5O4/c1-13-9-27(19-17(13)18(23)24-12-25-19)16-7-5-14(6-8-16)20-29-10-15(11-30-20)26-21(28)31-22(2,3)4/h9,12,14-16,20H,5-8,10-11H2,1-4H3,(H,26,28)(H2,23,24,25). The van der Waals surface area contributed by atoms with E-state index in [1.54, 1.807) is 0 Å². The van der Waals surface area contributed by atoms with E-state index in [0.717, 1.165) is 42.3 Å². The van der Waals surface area contributed by atoms with Gasteiger partial charge in [-0.15, -0.1) is 0 Å². The number of carbonyl (C=O) groups is 1. The first-order valence-electron chi connectivity index (χ1n) is 11.0. The van der Waals surface area contributed by atoms with Gasteiger partial charge < -0.3 is 29.8 Å². The Morgan fingerprint density at radius 2 is 1.87 bits per heavy atom. The number of amides is 1. The predicted molar refractivity (Wildman–Crippen MR) is 117 cm³/mol. The van der Waals surface area contributed by atoms with E-state index in [2.05, 4.69) is 33.0 Å². The lowest BCUT2D eigenvalue weighted by Gasteiger charge is -2.38. The van der Waals surface area contributed by atoms with Gasteiger partial charge in [-0.25, -0.2) is 14.8 Å². The number of carbonyl (C=O) groups excluding carboxylic acids is 1. The van der Waals surface area contributed by atoms with E-state index < -0.39 is 11.7 Å². The van der Waals surface area contributed by atoms with Crippen molar-refractivity contribution in [2.75, 3.05) is 18.9 Å². The first-order valence-corrected chi connectivity index (χ1v) is 11.0. The van der Waals surface area contributed by atoms with E-state index in [9.17, 15) is 4.79 Å². The minimum absolute atomic E-state index is 0.193. The van der Waals surface area contributed by atoms with Gasteiger partial charge >= 0.3 is 6.09 Å². The summed E-state index contributed by atoms with van der Waals surface area (Å²) in [6.07, 6.45) is 7.09. The number of aromatic nitrogens is 3. The van der Waals surface area contributed by atoms with Crippen molar-refractivity contribution < 1.29 is 19.0 Å². The third-order valence-electron chi connectivity index (χ3n) is 5.99. The fraction of sp³-hybridized carbons (Fsp3) is 0.682. The van der Waals surface area contributed by atoms with Gasteiger partial charge in [0.05, 0.1) is 24.6 Å². The zero-order chi connectivity index (χ0) is 22.2. The fourth-order valence-electron chi connectivity index (χ4n) is 4.58. The van der Waals surface area contributed by atoms with Crippen LogP contribution in [0.25, 0.3) is 11.0 Å². The molecule has 1 amide bonds. The molecular formula is C22H33N5O4. The monoisotopic (exact) mass is 431 g/mol. The lowest BCUT2D eigenvalue weighted by Crippen LogP contribution is -2.50. The molecule has 3 heterocycles. The van der Waals surface area contributed by atoms with Gasteiger partial charge in [-0.1, -0.05) is 0 Å². The molecule has 1 saturated heterocycles. The van der Waals surface area contributed by atoms with Gasteiger partial charge in [0.2, 0.25) is 0 Å². The summed E-state index contributed by atoms with van der Waals surface area (Å²) in [6, 6.07) is 0.189. The smallest absolute Gasteiger partial charge is 0.408 e. The average molecular weight is 432 g/mol. The highest BCUT2D eigenvalue weighted by Gasteiger charge is 2.34. The summed E-state index contributed by atoms with van der Waals surface area (Å²) in [7, 11) is 0. The van der Waals surface area contributed by atoms with Crippen molar-refractivity contribution >= 4 is 22.9 Å². The molecule has 2 aromatic heterocycles. The molecule has 9 heteroatoms. The van der Waals surface area contributed by atoms with Gasteiger partial charge in [-0.3, -0.25) is 0 Å². The van der Waals surface area contributed by atoms with Gasteiger partial charge in [0.1, 0.15) is 23.4 Å². The number of hydrogen-bond acceptors (Lipinski definition) is 7. The Balaban J connectivity index is 1.29. The summed E-state index contributed by atoms with van der Waals surface area (Å²) in [5, 5.41) is 3.77. The van der Waals surface area contributed by atoms with Crippen LogP contribution in [0.15, 0.2) is 12.5 Å². The number of rotatable bonds is 3. The van der Waals surface area contributed by atoms with Crippen LogP contribution in [0.3, 0.4) is 0 Å². The second kappa shape index (κ2) is 8.63. The molecule has 2 fully saturated rings. The molecule has 4 rings (SSSR count). The van der Waals surface area contributed by atoms with Crippen molar-refractivity contribution in [3.05, 3.63) is 18.1 Å². The Kier molecular flexibility index (Phi) is 6.07. The van der Waals surface area contributed by atoms with E-state index in [1.165, 1.54) is 6.33 Å². The molecular weight excluding hydrogens is 398 g/mol. The number of nitrogens with one attached hydrogen (secondary N) is 1. The van der Waals surface area contributed by atoms with Gasteiger partial charge in [0, 0.05) is 18.2 Å². The van der Waals surface area contributed by atoms with Crippen molar-refractivity contribution in [2.24, 2.45) is 5.92 Å². The second-order valence-corrected chi connectivity index (χ2v) is 9.62. The van der Waals surface area contributed by atoms with Crippen LogP contribution in [0.1, 0.15) is 58.1 Å².